The van der Waals surface area contributed by atoms with Crippen molar-refractivity contribution in [2.45, 2.75) is 64.0 Å². The van der Waals surface area contributed by atoms with Crippen LogP contribution in [-0.4, -0.2) is 30.2 Å². The van der Waals surface area contributed by atoms with Crippen LogP contribution in [0.25, 0.3) is 0 Å². The molecule has 1 saturated carbocycles. The maximum atomic E-state index is 9.31. The van der Waals surface area contributed by atoms with Crippen LogP contribution in [0.15, 0.2) is 12.3 Å². The zero-order chi connectivity index (χ0) is 15.4. The van der Waals surface area contributed by atoms with E-state index in [2.05, 4.69) is 21.3 Å². The van der Waals surface area contributed by atoms with E-state index < -0.39 is 0 Å². The maximum Gasteiger partial charge on any atom is 0.146 e. The number of aromatic nitrogens is 1. The minimum atomic E-state index is 0.635. The molecule has 1 saturated heterocycles. The molecule has 0 amide bonds. The zero-order valence-corrected chi connectivity index (χ0v) is 13.5. The average molecular weight is 298 g/mol. The number of rotatable bonds is 3. The summed E-state index contributed by atoms with van der Waals surface area (Å²) in [7, 11) is 0. The summed E-state index contributed by atoms with van der Waals surface area (Å²) in [5.41, 5.74) is 1.76. The predicted molar refractivity (Wildman–Crippen MR) is 88.9 cm³/mol. The molecule has 2 aliphatic rings. The molecular weight excluding hydrogens is 272 g/mol. The van der Waals surface area contributed by atoms with Gasteiger partial charge in [-0.2, -0.15) is 5.26 Å². The lowest BCUT2D eigenvalue weighted by Gasteiger charge is -2.36. The molecule has 4 nitrogen and oxygen atoms in total. The summed E-state index contributed by atoms with van der Waals surface area (Å²) in [6, 6.07) is 5.60. The Balaban J connectivity index is 1.56. The van der Waals surface area contributed by atoms with E-state index in [0.29, 0.717) is 11.6 Å². The fourth-order valence-corrected chi connectivity index (χ4v) is 3.76. The molecule has 1 aliphatic heterocycles. The first-order valence-corrected chi connectivity index (χ1v) is 8.64. The second-order valence-corrected chi connectivity index (χ2v) is 6.76. The van der Waals surface area contributed by atoms with Crippen LogP contribution in [0.1, 0.15) is 56.1 Å². The van der Waals surface area contributed by atoms with Crippen LogP contribution >= 0.6 is 0 Å². The number of nitriles is 1. The number of nitrogens with one attached hydrogen (secondary N) is 1. The van der Waals surface area contributed by atoms with Crippen molar-refractivity contribution in [2.75, 3.05) is 18.0 Å². The van der Waals surface area contributed by atoms with E-state index in [9.17, 15) is 5.26 Å². The summed E-state index contributed by atoms with van der Waals surface area (Å²) in [4.78, 5) is 6.77. The Hall–Kier alpha value is -1.60. The Morgan fingerprint density at radius 3 is 2.50 bits per heavy atom. The fraction of sp³-hybridized carbons (Fsp3) is 0.667. The highest BCUT2D eigenvalue weighted by Gasteiger charge is 2.24. The zero-order valence-electron chi connectivity index (χ0n) is 13.5. The molecule has 0 spiro atoms. The van der Waals surface area contributed by atoms with E-state index in [4.69, 9.17) is 0 Å². The number of piperidine rings is 1. The highest BCUT2D eigenvalue weighted by molar-refractivity contribution is 5.54. The maximum absolute atomic E-state index is 9.31. The molecule has 4 heteroatoms. The lowest BCUT2D eigenvalue weighted by Crippen LogP contribution is -2.47. The van der Waals surface area contributed by atoms with Gasteiger partial charge in [0.25, 0.3) is 0 Å². The standard InChI is InChI=1S/C18H26N4/c1-14-11-15(12-19)18(20-13-14)22-9-7-17(8-10-22)21-16-5-3-2-4-6-16/h11,13,16-17,21H,2-10H2,1H3. The van der Waals surface area contributed by atoms with Gasteiger partial charge in [0.1, 0.15) is 11.9 Å². The summed E-state index contributed by atoms with van der Waals surface area (Å²) < 4.78 is 0. The third-order valence-electron chi connectivity index (χ3n) is 4.99. The van der Waals surface area contributed by atoms with E-state index in [1.54, 1.807) is 0 Å². The van der Waals surface area contributed by atoms with E-state index in [-0.39, 0.29) is 0 Å². The Labute approximate surface area is 133 Å². The van der Waals surface area contributed by atoms with Crippen molar-refractivity contribution < 1.29 is 0 Å². The third-order valence-corrected chi connectivity index (χ3v) is 4.99. The largest absolute Gasteiger partial charge is 0.355 e. The lowest BCUT2D eigenvalue weighted by atomic mass is 9.93. The quantitative estimate of drug-likeness (QED) is 0.931. The lowest BCUT2D eigenvalue weighted by molar-refractivity contribution is 0.307. The van der Waals surface area contributed by atoms with Gasteiger partial charge in [0, 0.05) is 31.4 Å². The van der Waals surface area contributed by atoms with Crippen LogP contribution in [0.4, 0.5) is 5.82 Å². The van der Waals surface area contributed by atoms with Crippen molar-refractivity contribution in [1.29, 1.82) is 5.26 Å². The van der Waals surface area contributed by atoms with E-state index in [1.807, 2.05) is 19.2 Å². The molecule has 1 aliphatic carbocycles. The van der Waals surface area contributed by atoms with Gasteiger partial charge < -0.3 is 10.2 Å². The van der Waals surface area contributed by atoms with Crippen molar-refractivity contribution in [3.05, 3.63) is 23.4 Å². The summed E-state index contributed by atoms with van der Waals surface area (Å²) >= 11 is 0. The highest BCUT2D eigenvalue weighted by Crippen LogP contribution is 2.24. The Morgan fingerprint density at radius 1 is 1.14 bits per heavy atom. The second-order valence-electron chi connectivity index (χ2n) is 6.76. The van der Waals surface area contributed by atoms with Crippen molar-refractivity contribution in [3.8, 4) is 6.07 Å². The molecule has 118 valence electrons. The first kappa shape index (κ1) is 15.3. The number of anilines is 1. The third kappa shape index (κ3) is 3.59. The number of hydrogen-bond donors (Lipinski definition) is 1. The molecule has 0 radical (unpaired) electrons. The van der Waals surface area contributed by atoms with Gasteiger partial charge in [-0.05, 0) is 44.2 Å². The van der Waals surface area contributed by atoms with Gasteiger partial charge in [0.2, 0.25) is 0 Å². The minimum Gasteiger partial charge on any atom is -0.355 e. The molecule has 1 aromatic rings. The highest BCUT2D eigenvalue weighted by atomic mass is 15.2. The van der Waals surface area contributed by atoms with Crippen molar-refractivity contribution >= 4 is 5.82 Å². The molecule has 2 heterocycles. The number of aryl methyl sites for hydroxylation is 1. The van der Waals surface area contributed by atoms with E-state index in [0.717, 1.165) is 43.4 Å². The summed E-state index contributed by atoms with van der Waals surface area (Å²) in [6.45, 7) is 3.97. The molecular formula is C18H26N4. The van der Waals surface area contributed by atoms with E-state index >= 15 is 0 Å². The molecule has 0 aromatic carbocycles. The van der Waals surface area contributed by atoms with Crippen LogP contribution in [0.2, 0.25) is 0 Å². The van der Waals surface area contributed by atoms with Gasteiger partial charge >= 0.3 is 0 Å². The van der Waals surface area contributed by atoms with Gasteiger partial charge in [0.05, 0.1) is 5.56 Å². The molecule has 1 aromatic heterocycles. The second kappa shape index (κ2) is 7.11. The summed E-state index contributed by atoms with van der Waals surface area (Å²) in [6.07, 6.45) is 11.0. The van der Waals surface area contributed by atoms with Gasteiger partial charge in [0.15, 0.2) is 0 Å². The smallest absolute Gasteiger partial charge is 0.146 e. The molecule has 0 bridgehead atoms. The van der Waals surface area contributed by atoms with Crippen LogP contribution in [0.3, 0.4) is 0 Å². The first-order valence-electron chi connectivity index (χ1n) is 8.64. The number of pyridine rings is 1. The Morgan fingerprint density at radius 2 is 1.82 bits per heavy atom. The molecule has 3 rings (SSSR count). The van der Waals surface area contributed by atoms with Crippen LogP contribution in [-0.2, 0) is 0 Å². The molecule has 0 unspecified atom stereocenters. The molecule has 2 fully saturated rings. The van der Waals surface area contributed by atoms with Crippen LogP contribution in [0, 0.1) is 18.3 Å². The Kier molecular flexibility index (Phi) is 4.94. The van der Waals surface area contributed by atoms with Gasteiger partial charge in [-0.1, -0.05) is 19.3 Å². The first-order chi connectivity index (χ1) is 10.8. The SMILES string of the molecule is Cc1cnc(N2CCC(NC3CCCCC3)CC2)c(C#N)c1. The van der Waals surface area contributed by atoms with Crippen molar-refractivity contribution in [3.63, 3.8) is 0 Å². The summed E-state index contributed by atoms with van der Waals surface area (Å²) in [5, 5.41) is 13.2. The van der Waals surface area contributed by atoms with Gasteiger partial charge in [-0.15, -0.1) is 0 Å². The van der Waals surface area contributed by atoms with Crippen molar-refractivity contribution in [1.82, 2.24) is 10.3 Å². The van der Waals surface area contributed by atoms with Gasteiger partial charge in [-0.25, -0.2) is 4.98 Å². The topological polar surface area (TPSA) is 52.0 Å². The molecule has 22 heavy (non-hydrogen) atoms. The molecule has 0 atom stereocenters. The number of nitrogens with zero attached hydrogens (tertiary/aromatic N) is 3. The van der Waals surface area contributed by atoms with Crippen molar-refractivity contribution in [2.24, 2.45) is 0 Å². The van der Waals surface area contributed by atoms with E-state index in [1.165, 1.54) is 32.1 Å². The molecule has 1 N–H and O–H groups in total. The summed E-state index contributed by atoms with van der Waals surface area (Å²) in [5.74, 6) is 0.865. The number of hydrogen-bond acceptors (Lipinski definition) is 4. The van der Waals surface area contributed by atoms with Crippen LogP contribution < -0.4 is 10.2 Å². The predicted octanol–water partition coefficient (Wildman–Crippen LogP) is 3.15. The monoisotopic (exact) mass is 298 g/mol. The average Bonchev–Trinajstić information content (AvgIpc) is 2.56. The Bertz CT molecular complexity index is 535. The van der Waals surface area contributed by atoms with Gasteiger partial charge in [-0.3, -0.25) is 0 Å². The normalized spacial score (nSPS) is 20.8. The van der Waals surface area contributed by atoms with Crippen LogP contribution in [0.5, 0.6) is 0 Å². The fourth-order valence-electron chi connectivity index (χ4n) is 3.76. The minimum absolute atomic E-state index is 0.635.